The molecule has 23 heavy (non-hydrogen) atoms. The van der Waals surface area contributed by atoms with E-state index in [1.54, 1.807) is 0 Å². The molecule has 0 spiro atoms. The highest BCUT2D eigenvalue weighted by Crippen LogP contribution is 2.21. The highest BCUT2D eigenvalue weighted by atomic mass is 32.2. The van der Waals surface area contributed by atoms with Gasteiger partial charge in [0.2, 0.25) is 0 Å². The van der Waals surface area contributed by atoms with Crippen LogP contribution >= 0.6 is 24.0 Å². The summed E-state index contributed by atoms with van der Waals surface area (Å²) in [5, 5.41) is 0.511. The maximum Gasteiger partial charge on any atom is 0.263 e. The van der Waals surface area contributed by atoms with Crippen LogP contribution in [0.2, 0.25) is 0 Å². The summed E-state index contributed by atoms with van der Waals surface area (Å²) in [5.74, 6) is 0.746. The highest BCUT2D eigenvalue weighted by Gasteiger charge is 2.10. The minimum atomic E-state index is 0.511. The zero-order valence-corrected chi connectivity index (χ0v) is 15.4. The van der Waals surface area contributed by atoms with E-state index in [1.165, 1.54) is 22.9 Å². The minimum absolute atomic E-state index is 0.511. The number of hydrogen-bond acceptors (Lipinski definition) is 4. The number of thiocarbonyl (C=S) groups is 1. The van der Waals surface area contributed by atoms with E-state index in [1.807, 2.05) is 81.4 Å². The Balaban J connectivity index is 2.25. The van der Waals surface area contributed by atoms with E-state index in [2.05, 4.69) is 4.99 Å². The first-order valence-electron chi connectivity index (χ1n) is 7.23. The van der Waals surface area contributed by atoms with Gasteiger partial charge in [-0.1, -0.05) is 47.6 Å². The minimum Gasteiger partial charge on any atom is -0.433 e. The van der Waals surface area contributed by atoms with Gasteiger partial charge in [0.15, 0.2) is 0 Å². The van der Waals surface area contributed by atoms with E-state index in [-0.39, 0.29) is 0 Å². The van der Waals surface area contributed by atoms with Crippen LogP contribution in [-0.2, 0) is 0 Å². The molecule has 120 valence electrons. The number of hydrogen-bond donors (Lipinski definition) is 0. The fourth-order valence-electron chi connectivity index (χ4n) is 1.66. The van der Waals surface area contributed by atoms with Gasteiger partial charge in [0.25, 0.3) is 5.23 Å². The largest absolute Gasteiger partial charge is 0.433 e. The van der Waals surface area contributed by atoms with Gasteiger partial charge in [0.1, 0.15) is 10.1 Å². The molecule has 0 aliphatic carbocycles. The Morgan fingerprint density at radius 1 is 0.957 bits per heavy atom. The van der Waals surface area contributed by atoms with Crippen molar-refractivity contribution in [3.05, 3.63) is 59.7 Å². The van der Waals surface area contributed by atoms with E-state index in [0.29, 0.717) is 9.55 Å². The molecule has 0 fully saturated rings. The van der Waals surface area contributed by atoms with Gasteiger partial charge in [-0.05, 0) is 49.9 Å². The second-order valence-corrected chi connectivity index (χ2v) is 6.98. The number of aryl methyl sites for hydroxylation is 2. The van der Waals surface area contributed by atoms with Gasteiger partial charge in [-0.15, -0.1) is 0 Å². The third-order valence-corrected chi connectivity index (χ3v) is 4.52. The predicted molar refractivity (Wildman–Crippen MR) is 104 cm³/mol. The summed E-state index contributed by atoms with van der Waals surface area (Å²) in [6.45, 7) is 4.09. The molecule has 0 unspecified atom stereocenters. The quantitative estimate of drug-likeness (QED) is 0.437. The molecule has 2 aromatic carbocycles. The van der Waals surface area contributed by atoms with Crippen molar-refractivity contribution in [2.45, 2.75) is 13.8 Å². The molecule has 5 heteroatoms. The first kappa shape index (κ1) is 17.5. The third-order valence-electron chi connectivity index (χ3n) is 3.02. The molecule has 0 radical (unpaired) electrons. The Hall–Kier alpha value is -1.85. The molecule has 0 aromatic heterocycles. The molecule has 0 amide bonds. The lowest BCUT2D eigenvalue weighted by atomic mass is 10.2. The van der Waals surface area contributed by atoms with Crippen molar-refractivity contribution in [1.82, 2.24) is 4.90 Å². The van der Waals surface area contributed by atoms with Gasteiger partial charge in [-0.2, -0.15) is 0 Å². The Morgan fingerprint density at radius 3 is 2.00 bits per heavy atom. The lowest BCUT2D eigenvalue weighted by molar-refractivity contribution is 0.566. The summed E-state index contributed by atoms with van der Waals surface area (Å²) in [4.78, 5) is 6.45. The Bertz CT molecular complexity index is 692. The summed E-state index contributed by atoms with van der Waals surface area (Å²) in [6, 6.07) is 15.9. The summed E-state index contributed by atoms with van der Waals surface area (Å²) >= 11 is 6.69. The van der Waals surface area contributed by atoms with Gasteiger partial charge >= 0.3 is 0 Å². The molecule has 0 aliphatic heterocycles. The van der Waals surface area contributed by atoms with Gasteiger partial charge in [0.05, 0.1) is 5.69 Å². The van der Waals surface area contributed by atoms with Gasteiger partial charge in [-0.3, -0.25) is 0 Å². The molecule has 2 rings (SSSR count). The molecule has 0 aliphatic rings. The van der Waals surface area contributed by atoms with Gasteiger partial charge in [0, 0.05) is 14.1 Å². The van der Waals surface area contributed by atoms with Crippen molar-refractivity contribution in [1.29, 1.82) is 0 Å². The maximum absolute atomic E-state index is 5.92. The van der Waals surface area contributed by atoms with Crippen molar-refractivity contribution in [3.63, 3.8) is 0 Å². The predicted octanol–water partition coefficient (Wildman–Crippen LogP) is 4.95. The van der Waals surface area contributed by atoms with Crippen LogP contribution in [0.4, 0.5) is 5.69 Å². The van der Waals surface area contributed by atoms with E-state index in [0.717, 1.165) is 11.4 Å². The van der Waals surface area contributed by atoms with E-state index in [9.17, 15) is 0 Å². The van der Waals surface area contributed by atoms with Gasteiger partial charge in [-0.25, -0.2) is 4.99 Å². The molecule has 2 aromatic rings. The van der Waals surface area contributed by atoms with Crippen molar-refractivity contribution in [2.75, 3.05) is 14.1 Å². The first-order chi connectivity index (χ1) is 10.9. The Morgan fingerprint density at radius 2 is 1.48 bits per heavy atom. The van der Waals surface area contributed by atoms with Crippen molar-refractivity contribution < 1.29 is 4.74 Å². The number of ether oxygens (including phenoxy) is 1. The van der Waals surface area contributed by atoms with Crippen LogP contribution in [0.5, 0.6) is 5.75 Å². The molecule has 0 atom stereocenters. The average molecular weight is 345 g/mol. The van der Waals surface area contributed by atoms with E-state index in [4.69, 9.17) is 17.0 Å². The number of aliphatic imine (C=N–C) groups is 1. The monoisotopic (exact) mass is 344 g/mol. The summed E-state index contributed by atoms with van der Waals surface area (Å²) in [5.41, 5.74) is 3.22. The number of thioether (sulfide) groups is 1. The van der Waals surface area contributed by atoms with Crippen molar-refractivity contribution in [2.24, 2.45) is 4.99 Å². The zero-order valence-electron chi connectivity index (χ0n) is 13.7. The highest BCUT2D eigenvalue weighted by molar-refractivity contribution is 8.32. The number of nitrogens with zero attached hydrogens (tertiary/aromatic N) is 2. The zero-order chi connectivity index (χ0) is 16.8. The molecule has 0 heterocycles. The smallest absolute Gasteiger partial charge is 0.263 e. The second-order valence-electron chi connectivity index (χ2n) is 5.39. The van der Waals surface area contributed by atoms with Crippen molar-refractivity contribution in [3.8, 4) is 5.75 Å². The molecule has 0 saturated carbocycles. The number of rotatable bonds is 2. The average Bonchev–Trinajstić information content (AvgIpc) is 2.51. The van der Waals surface area contributed by atoms with Crippen LogP contribution < -0.4 is 4.74 Å². The number of benzene rings is 2. The Labute approximate surface area is 147 Å². The fourth-order valence-corrected chi connectivity index (χ4v) is 2.50. The van der Waals surface area contributed by atoms with Crippen LogP contribution in [0.15, 0.2) is 53.5 Å². The normalized spacial score (nSPS) is 11.2. The van der Waals surface area contributed by atoms with Crippen LogP contribution in [0.1, 0.15) is 11.1 Å². The Kier molecular flexibility index (Phi) is 6.19. The molecule has 3 nitrogen and oxygen atoms in total. The summed E-state index contributed by atoms with van der Waals surface area (Å²) < 4.78 is 6.62. The maximum atomic E-state index is 5.92. The first-order valence-corrected chi connectivity index (χ1v) is 8.45. The molecule has 0 saturated heterocycles. The fraction of sp³-hybridized carbons (Fsp3) is 0.222. The summed E-state index contributed by atoms with van der Waals surface area (Å²) in [6.07, 6.45) is 0. The SMILES string of the molecule is Cc1ccc(N=C(Oc2ccc(C)cc2)SC(=S)N(C)C)cc1. The third kappa shape index (κ3) is 5.69. The van der Waals surface area contributed by atoms with E-state index >= 15 is 0 Å². The molecular formula is C18H20N2OS2. The lowest BCUT2D eigenvalue weighted by Gasteiger charge is -2.14. The van der Waals surface area contributed by atoms with Crippen LogP contribution in [-0.4, -0.2) is 28.5 Å². The topological polar surface area (TPSA) is 24.8 Å². The van der Waals surface area contributed by atoms with E-state index < -0.39 is 0 Å². The van der Waals surface area contributed by atoms with Crippen LogP contribution in [0, 0.1) is 13.8 Å². The summed E-state index contributed by atoms with van der Waals surface area (Å²) in [7, 11) is 3.81. The lowest BCUT2D eigenvalue weighted by Crippen LogP contribution is -2.19. The molecule has 0 N–H and O–H groups in total. The van der Waals surface area contributed by atoms with Crippen LogP contribution in [0.3, 0.4) is 0 Å². The van der Waals surface area contributed by atoms with Crippen LogP contribution in [0.25, 0.3) is 0 Å². The standard InChI is InChI=1S/C18H20N2OS2/c1-13-5-9-15(10-6-13)19-17(23-18(22)20(3)4)21-16-11-7-14(2)8-12-16/h5-12H,1-4H3. The van der Waals surface area contributed by atoms with Gasteiger partial charge < -0.3 is 9.64 Å². The molecule has 0 bridgehead atoms. The van der Waals surface area contributed by atoms with Crippen molar-refractivity contribution >= 4 is 39.2 Å². The molecular weight excluding hydrogens is 324 g/mol. The second kappa shape index (κ2) is 8.13.